The topological polar surface area (TPSA) is 126 Å². The van der Waals surface area contributed by atoms with Crippen LogP contribution in [0.15, 0.2) is 53.9 Å². The number of fused-ring (bicyclic) bond motifs is 2. The highest BCUT2D eigenvalue weighted by Gasteiger charge is 2.35. The Morgan fingerprint density at radius 1 is 0.971 bits per heavy atom. The quantitative estimate of drug-likeness (QED) is 0.414. The van der Waals surface area contributed by atoms with Gasteiger partial charge < -0.3 is 5.32 Å². The number of hydrogen-bond acceptors (Lipinski definition) is 7. The Labute approximate surface area is 197 Å². The molecule has 1 aliphatic heterocycles. The molecule has 34 heavy (non-hydrogen) atoms. The van der Waals surface area contributed by atoms with Crippen molar-refractivity contribution in [1.82, 2.24) is 19.5 Å². The number of nitrogens with zero attached hydrogens (tertiary/aromatic N) is 4. The molecular formula is C23H18N6O4S. The number of thiazole rings is 1. The summed E-state index contributed by atoms with van der Waals surface area (Å²) >= 11 is 1.37. The summed E-state index contributed by atoms with van der Waals surface area (Å²) in [4.78, 5) is 54.5. The summed E-state index contributed by atoms with van der Waals surface area (Å²) < 4.78 is 1.62. The molecule has 0 saturated carbocycles. The van der Waals surface area contributed by atoms with E-state index in [1.807, 2.05) is 17.5 Å². The molecule has 5 rings (SSSR count). The molecule has 3 heterocycles. The second-order valence-electron chi connectivity index (χ2n) is 7.61. The Hall–Kier alpha value is -4.38. The van der Waals surface area contributed by atoms with Crippen LogP contribution in [0.2, 0.25) is 0 Å². The number of hydrogen-bond donors (Lipinski definition) is 2. The molecule has 2 aromatic carbocycles. The van der Waals surface area contributed by atoms with Gasteiger partial charge in [0.2, 0.25) is 22.7 Å². The number of carbonyl (C=O) groups is 4. The Morgan fingerprint density at radius 3 is 2.29 bits per heavy atom. The van der Waals surface area contributed by atoms with Crippen molar-refractivity contribution in [3.8, 4) is 11.3 Å². The van der Waals surface area contributed by atoms with Crippen molar-refractivity contribution >= 4 is 51.6 Å². The van der Waals surface area contributed by atoms with E-state index >= 15 is 0 Å². The third kappa shape index (κ3) is 3.92. The number of amides is 4. The van der Waals surface area contributed by atoms with Crippen molar-refractivity contribution < 1.29 is 19.2 Å². The molecule has 0 radical (unpaired) electrons. The largest absolute Gasteiger partial charge is 0.326 e. The van der Waals surface area contributed by atoms with Crippen molar-refractivity contribution in [1.29, 1.82) is 0 Å². The molecule has 0 atom stereocenters. The van der Waals surface area contributed by atoms with Crippen LogP contribution in [0.1, 0.15) is 34.1 Å². The van der Waals surface area contributed by atoms with E-state index in [4.69, 9.17) is 0 Å². The molecular weight excluding hydrogens is 456 g/mol. The Morgan fingerprint density at radius 2 is 1.65 bits per heavy atom. The summed E-state index contributed by atoms with van der Waals surface area (Å²) in [5.74, 6) is -1.22. The zero-order chi connectivity index (χ0) is 23.8. The van der Waals surface area contributed by atoms with E-state index in [9.17, 15) is 19.2 Å². The van der Waals surface area contributed by atoms with Crippen LogP contribution in [0.5, 0.6) is 0 Å². The van der Waals surface area contributed by atoms with Crippen molar-refractivity contribution in [2.45, 2.75) is 13.3 Å². The summed E-state index contributed by atoms with van der Waals surface area (Å²) in [5, 5.41) is 11.6. The minimum atomic E-state index is -0.406. The molecule has 170 valence electrons. The molecule has 4 aromatic rings. The van der Waals surface area contributed by atoms with E-state index in [1.54, 1.807) is 40.9 Å². The van der Waals surface area contributed by atoms with Gasteiger partial charge in [-0.1, -0.05) is 24.3 Å². The van der Waals surface area contributed by atoms with E-state index in [1.165, 1.54) is 18.3 Å². The fraction of sp³-hybridized carbons (Fsp3) is 0.130. The first-order chi connectivity index (χ1) is 16.4. The summed E-state index contributed by atoms with van der Waals surface area (Å²) in [6.45, 7) is 1.41. The van der Waals surface area contributed by atoms with Crippen LogP contribution in [-0.2, 0) is 9.59 Å². The number of nitrogens with one attached hydrogen (secondary N) is 2. The molecule has 10 nitrogen and oxygen atoms in total. The molecule has 4 amide bonds. The smallest absolute Gasteiger partial charge is 0.261 e. The monoisotopic (exact) mass is 474 g/mol. The zero-order valence-corrected chi connectivity index (χ0v) is 18.8. The molecule has 0 spiro atoms. The minimum absolute atomic E-state index is 0.0354. The van der Waals surface area contributed by atoms with Crippen molar-refractivity contribution in [3.05, 3.63) is 65.0 Å². The Bertz CT molecular complexity index is 1420. The van der Waals surface area contributed by atoms with Crippen molar-refractivity contribution in [2.24, 2.45) is 0 Å². The SMILES string of the molecule is CC(=O)Nc1ccc(-c2csc3nc(NC(=O)CCN4C(=O)c5ccccc5C4=O)nn23)cc1. The van der Waals surface area contributed by atoms with Crippen LogP contribution in [0.25, 0.3) is 16.2 Å². The van der Waals surface area contributed by atoms with Gasteiger partial charge in [0.05, 0.1) is 16.8 Å². The summed E-state index contributed by atoms with van der Waals surface area (Å²) in [7, 11) is 0. The summed E-state index contributed by atoms with van der Waals surface area (Å²) in [6, 6.07) is 13.9. The van der Waals surface area contributed by atoms with Gasteiger partial charge >= 0.3 is 0 Å². The highest BCUT2D eigenvalue weighted by atomic mass is 32.1. The van der Waals surface area contributed by atoms with Crippen molar-refractivity contribution in [3.63, 3.8) is 0 Å². The highest BCUT2D eigenvalue weighted by Crippen LogP contribution is 2.27. The van der Waals surface area contributed by atoms with Crippen LogP contribution in [0.3, 0.4) is 0 Å². The van der Waals surface area contributed by atoms with Gasteiger partial charge in [0.25, 0.3) is 11.8 Å². The van der Waals surface area contributed by atoms with E-state index in [-0.39, 0.29) is 24.8 Å². The highest BCUT2D eigenvalue weighted by molar-refractivity contribution is 7.15. The number of rotatable bonds is 6. The standard InChI is InChI=1S/C23H18N6O4S/c1-13(30)24-15-8-6-14(7-9-15)18-12-34-23-26-22(27-29(18)23)25-19(31)10-11-28-20(32)16-4-2-3-5-17(16)21(28)33/h2-9,12H,10-11H2,1H3,(H,24,30)(H,25,27,31). The average molecular weight is 475 g/mol. The maximum absolute atomic E-state index is 12.5. The molecule has 0 saturated heterocycles. The van der Waals surface area contributed by atoms with Gasteiger partial charge in [-0.15, -0.1) is 16.4 Å². The van der Waals surface area contributed by atoms with Gasteiger partial charge in [0, 0.05) is 36.5 Å². The van der Waals surface area contributed by atoms with E-state index < -0.39 is 17.7 Å². The fourth-order valence-corrected chi connectivity index (χ4v) is 4.53. The predicted octanol–water partition coefficient (Wildman–Crippen LogP) is 3.04. The fourth-order valence-electron chi connectivity index (χ4n) is 3.70. The maximum atomic E-state index is 12.5. The molecule has 2 N–H and O–H groups in total. The average Bonchev–Trinajstić information content (AvgIpc) is 3.45. The normalized spacial score (nSPS) is 12.8. The molecule has 2 aromatic heterocycles. The first kappa shape index (κ1) is 21.5. The zero-order valence-electron chi connectivity index (χ0n) is 17.9. The molecule has 1 aliphatic rings. The third-order valence-electron chi connectivity index (χ3n) is 5.27. The Kier molecular flexibility index (Phi) is 5.38. The minimum Gasteiger partial charge on any atom is -0.326 e. The van der Waals surface area contributed by atoms with Gasteiger partial charge in [-0.3, -0.25) is 29.4 Å². The lowest BCUT2D eigenvalue weighted by molar-refractivity contribution is -0.116. The number of aromatic nitrogens is 3. The summed E-state index contributed by atoms with van der Waals surface area (Å²) in [6.07, 6.45) is -0.0736. The van der Waals surface area contributed by atoms with Gasteiger partial charge in [-0.25, -0.2) is 4.52 Å². The van der Waals surface area contributed by atoms with Crippen LogP contribution < -0.4 is 10.6 Å². The first-order valence-corrected chi connectivity index (χ1v) is 11.3. The van der Waals surface area contributed by atoms with Crippen LogP contribution in [-0.4, -0.2) is 49.7 Å². The second-order valence-corrected chi connectivity index (χ2v) is 8.45. The maximum Gasteiger partial charge on any atom is 0.261 e. The predicted molar refractivity (Wildman–Crippen MR) is 126 cm³/mol. The molecule has 0 aliphatic carbocycles. The van der Waals surface area contributed by atoms with Crippen LogP contribution in [0.4, 0.5) is 11.6 Å². The molecule has 0 fully saturated rings. The first-order valence-electron chi connectivity index (χ1n) is 10.4. The molecule has 11 heteroatoms. The van der Waals surface area contributed by atoms with Crippen LogP contribution in [0, 0.1) is 0 Å². The van der Waals surface area contributed by atoms with E-state index in [0.29, 0.717) is 21.8 Å². The lowest BCUT2D eigenvalue weighted by Crippen LogP contribution is -2.33. The number of carbonyl (C=O) groups excluding carboxylic acids is 4. The lowest BCUT2D eigenvalue weighted by Gasteiger charge is -2.12. The van der Waals surface area contributed by atoms with Gasteiger partial charge in [0.15, 0.2) is 0 Å². The second kappa shape index (κ2) is 8.52. The number of anilines is 2. The third-order valence-corrected chi connectivity index (χ3v) is 6.09. The van der Waals surface area contributed by atoms with E-state index in [2.05, 4.69) is 20.7 Å². The van der Waals surface area contributed by atoms with Crippen molar-refractivity contribution in [2.75, 3.05) is 17.2 Å². The lowest BCUT2D eigenvalue weighted by atomic mass is 10.1. The molecule has 0 bridgehead atoms. The van der Waals surface area contributed by atoms with Crippen LogP contribution >= 0.6 is 11.3 Å². The Balaban J connectivity index is 1.25. The van der Waals surface area contributed by atoms with Gasteiger partial charge in [-0.05, 0) is 24.3 Å². The van der Waals surface area contributed by atoms with Gasteiger partial charge in [-0.2, -0.15) is 4.98 Å². The van der Waals surface area contributed by atoms with Gasteiger partial charge in [0.1, 0.15) is 0 Å². The summed E-state index contributed by atoms with van der Waals surface area (Å²) in [5.41, 5.74) is 3.04. The van der Waals surface area contributed by atoms with E-state index in [0.717, 1.165) is 16.2 Å². The molecule has 0 unspecified atom stereocenters. The number of imide groups is 1. The number of benzene rings is 2.